The quantitative estimate of drug-likeness (QED) is 0.874. The number of hydrogen-bond donors (Lipinski definition) is 2. The Labute approximate surface area is 107 Å². The molecule has 0 aliphatic carbocycles. The Hall–Kier alpha value is -2.07. The Kier molecular flexibility index (Phi) is 3.21. The fraction of sp³-hybridized carbons (Fsp3) is 0. The molecule has 92 valence electrons. The molecule has 0 saturated carbocycles. The van der Waals surface area contributed by atoms with Gasteiger partial charge in [0.1, 0.15) is 11.6 Å². The van der Waals surface area contributed by atoms with Crippen LogP contribution in [0.2, 0.25) is 5.02 Å². The van der Waals surface area contributed by atoms with Crippen molar-refractivity contribution >= 4 is 17.6 Å². The van der Waals surface area contributed by atoms with E-state index >= 15 is 0 Å². The normalized spacial score (nSPS) is 10.3. The van der Waals surface area contributed by atoms with Crippen LogP contribution >= 0.6 is 11.6 Å². The van der Waals surface area contributed by atoms with Crippen LogP contribution in [0.1, 0.15) is 10.4 Å². The molecule has 2 aromatic carbocycles. The molecule has 0 aromatic heterocycles. The molecule has 0 atom stereocenters. The molecule has 0 radical (unpaired) electrons. The smallest absolute Gasteiger partial charge is 0.335 e. The lowest BCUT2D eigenvalue weighted by Gasteiger charge is -2.06. The maximum absolute atomic E-state index is 13.2. The van der Waals surface area contributed by atoms with Crippen LogP contribution in [0, 0.1) is 5.82 Å². The molecule has 0 fully saturated rings. The summed E-state index contributed by atoms with van der Waals surface area (Å²) in [6.45, 7) is 0. The van der Waals surface area contributed by atoms with Gasteiger partial charge >= 0.3 is 5.97 Å². The van der Waals surface area contributed by atoms with E-state index in [1.807, 2.05) is 0 Å². The maximum Gasteiger partial charge on any atom is 0.335 e. The van der Waals surface area contributed by atoms with E-state index in [2.05, 4.69) is 0 Å². The Morgan fingerprint density at radius 2 is 1.89 bits per heavy atom. The number of phenols is 1. The van der Waals surface area contributed by atoms with E-state index in [0.29, 0.717) is 11.1 Å². The standard InChI is InChI=1S/C13H8ClFO3/c14-9-3-8(4-10(15)6-9)11-2-1-7(13(17)18)5-12(11)16/h1-6,16H,(H,17,18). The molecular weight excluding hydrogens is 259 g/mol. The van der Waals surface area contributed by atoms with Crippen molar-refractivity contribution in [2.24, 2.45) is 0 Å². The summed E-state index contributed by atoms with van der Waals surface area (Å²) in [4.78, 5) is 10.7. The molecule has 0 bridgehead atoms. The summed E-state index contributed by atoms with van der Waals surface area (Å²) >= 11 is 5.72. The summed E-state index contributed by atoms with van der Waals surface area (Å²) in [6.07, 6.45) is 0. The van der Waals surface area contributed by atoms with Gasteiger partial charge in [0.2, 0.25) is 0 Å². The van der Waals surface area contributed by atoms with Crippen molar-refractivity contribution < 1.29 is 19.4 Å². The SMILES string of the molecule is O=C(O)c1ccc(-c2cc(F)cc(Cl)c2)c(O)c1. The monoisotopic (exact) mass is 266 g/mol. The summed E-state index contributed by atoms with van der Waals surface area (Å²) in [5.41, 5.74) is 0.662. The number of aromatic carboxylic acids is 1. The van der Waals surface area contributed by atoms with Crippen LogP contribution in [0.5, 0.6) is 5.75 Å². The van der Waals surface area contributed by atoms with Gasteiger partial charge in [0, 0.05) is 10.6 Å². The van der Waals surface area contributed by atoms with Crippen LogP contribution in [-0.2, 0) is 0 Å². The molecule has 2 aromatic rings. The van der Waals surface area contributed by atoms with Gasteiger partial charge in [-0.15, -0.1) is 0 Å². The van der Waals surface area contributed by atoms with Crippen molar-refractivity contribution in [2.45, 2.75) is 0 Å². The Morgan fingerprint density at radius 3 is 2.44 bits per heavy atom. The van der Waals surface area contributed by atoms with Gasteiger partial charge in [-0.1, -0.05) is 11.6 Å². The molecule has 0 heterocycles. The highest BCUT2D eigenvalue weighted by Crippen LogP contribution is 2.32. The highest BCUT2D eigenvalue weighted by Gasteiger charge is 2.10. The molecule has 18 heavy (non-hydrogen) atoms. The van der Waals surface area contributed by atoms with Gasteiger partial charge in [0.05, 0.1) is 5.56 Å². The average molecular weight is 267 g/mol. The lowest BCUT2D eigenvalue weighted by Crippen LogP contribution is -1.95. The number of aromatic hydroxyl groups is 1. The number of carbonyl (C=O) groups is 1. The minimum absolute atomic E-state index is 0.0428. The van der Waals surface area contributed by atoms with Crippen LogP contribution < -0.4 is 0 Å². The molecule has 0 saturated heterocycles. The van der Waals surface area contributed by atoms with Crippen molar-refractivity contribution in [1.82, 2.24) is 0 Å². The van der Waals surface area contributed by atoms with Gasteiger partial charge in [0.25, 0.3) is 0 Å². The topological polar surface area (TPSA) is 57.5 Å². The van der Waals surface area contributed by atoms with Gasteiger partial charge in [-0.3, -0.25) is 0 Å². The molecule has 0 unspecified atom stereocenters. The van der Waals surface area contributed by atoms with E-state index in [1.165, 1.54) is 24.3 Å². The van der Waals surface area contributed by atoms with E-state index in [9.17, 15) is 14.3 Å². The zero-order valence-electron chi connectivity index (χ0n) is 9.02. The van der Waals surface area contributed by atoms with Crippen LogP contribution in [0.15, 0.2) is 36.4 Å². The molecular formula is C13H8ClFO3. The summed E-state index contributed by atoms with van der Waals surface area (Å²) < 4.78 is 13.2. The Balaban J connectivity index is 2.54. The molecule has 2 rings (SSSR count). The number of phenolic OH excluding ortho intramolecular Hbond substituents is 1. The lowest BCUT2D eigenvalue weighted by molar-refractivity contribution is 0.0696. The van der Waals surface area contributed by atoms with Crippen molar-refractivity contribution in [3.63, 3.8) is 0 Å². The highest BCUT2D eigenvalue weighted by atomic mass is 35.5. The minimum atomic E-state index is -1.14. The number of halogens is 2. The first-order valence-corrected chi connectivity index (χ1v) is 5.38. The van der Waals surface area contributed by atoms with E-state index < -0.39 is 11.8 Å². The predicted octanol–water partition coefficient (Wildman–Crippen LogP) is 3.55. The van der Waals surface area contributed by atoms with Crippen molar-refractivity contribution in [1.29, 1.82) is 0 Å². The molecule has 0 amide bonds. The fourth-order valence-electron chi connectivity index (χ4n) is 1.62. The second-order valence-electron chi connectivity index (χ2n) is 3.70. The number of hydrogen-bond acceptors (Lipinski definition) is 2. The van der Waals surface area contributed by atoms with Crippen LogP contribution in [0.3, 0.4) is 0 Å². The van der Waals surface area contributed by atoms with E-state index in [1.54, 1.807) is 0 Å². The maximum atomic E-state index is 13.2. The number of carboxylic acid groups (broad SMARTS) is 1. The zero-order valence-corrected chi connectivity index (χ0v) is 9.78. The number of rotatable bonds is 2. The van der Waals surface area contributed by atoms with Crippen LogP contribution in [-0.4, -0.2) is 16.2 Å². The van der Waals surface area contributed by atoms with Gasteiger partial charge in [-0.2, -0.15) is 0 Å². The van der Waals surface area contributed by atoms with Gasteiger partial charge in [-0.05, 0) is 42.0 Å². The zero-order chi connectivity index (χ0) is 13.3. The van der Waals surface area contributed by atoms with Gasteiger partial charge in [0.15, 0.2) is 0 Å². The first-order valence-electron chi connectivity index (χ1n) is 5.00. The number of benzene rings is 2. The molecule has 0 aliphatic heterocycles. The Bertz CT molecular complexity index is 605. The third-order valence-electron chi connectivity index (χ3n) is 2.42. The molecule has 0 spiro atoms. The van der Waals surface area contributed by atoms with Crippen molar-refractivity contribution in [3.8, 4) is 16.9 Å². The summed E-state index contributed by atoms with van der Waals surface area (Å²) in [5.74, 6) is -1.91. The number of carboxylic acids is 1. The molecule has 5 heteroatoms. The van der Waals surface area contributed by atoms with Crippen molar-refractivity contribution in [2.75, 3.05) is 0 Å². The molecule has 3 nitrogen and oxygen atoms in total. The summed E-state index contributed by atoms with van der Waals surface area (Å²) in [5, 5.41) is 18.7. The van der Waals surface area contributed by atoms with E-state index in [-0.39, 0.29) is 16.3 Å². The van der Waals surface area contributed by atoms with E-state index in [0.717, 1.165) is 12.1 Å². The third-order valence-corrected chi connectivity index (χ3v) is 2.64. The average Bonchev–Trinajstić information content (AvgIpc) is 2.27. The van der Waals surface area contributed by atoms with Gasteiger partial charge < -0.3 is 10.2 Å². The highest BCUT2D eigenvalue weighted by molar-refractivity contribution is 6.30. The largest absolute Gasteiger partial charge is 0.507 e. The second-order valence-corrected chi connectivity index (χ2v) is 4.13. The summed E-state index contributed by atoms with van der Waals surface area (Å²) in [6, 6.07) is 7.69. The lowest BCUT2D eigenvalue weighted by atomic mass is 10.0. The molecule has 2 N–H and O–H groups in total. The van der Waals surface area contributed by atoms with Crippen molar-refractivity contribution in [3.05, 3.63) is 52.8 Å². The first-order chi connectivity index (χ1) is 8.47. The van der Waals surface area contributed by atoms with E-state index in [4.69, 9.17) is 16.7 Å². The third kappa shape index (κ3) is 2.43. The van der Waals surface area contributed by atoms with Crippen LogP contribution in [0.4, 0.5) is 4.39 Å². The summed E-state index contributed by atoms with van der Waals surface area (Å²) in [7, 11) is 0. The fourth-order valence-corrected chi connectivity index (χ4v) is 1.84. The van der Waals surface area contributed by atoms with Crippen LogP contribution in [0.25, 0.3) is 11.1 Å². The minimum Gasteiger partial charge on any atom is -0.507 e. The van der Waals surface area contributed by atoms with Gasteiger partial charge in [-0.25, -0.2) is 9.18 Å². The Morgan fingerprint density at radius 1 is 1.17 bits per heavy atom. The second kappa shape index (κ2) is 4.66. The first kappa shape index (κ1) is 12.4. The molecule has 0 aliphatic rings. The predicted molar refractivity (Wildman–Crippen MR) is 65.5 cm³/mol.